The van der Waals surface area contributed by atoms with Crippen molar-refractivity contribution >= 4 is 270 Å². The summed E-state index contributed by atoms with van der Waals surface area (Å²) in [5.74, 6) is -27.4. The van der Waals surface area contributed by atoms with Crippen molar-refractivity contribution in [2.24, 2.45) is 29.4 Å². The molecule has 0 spiro atoms. The number of aromatic amines is 1. The van der Waals surface area contributed by atoms with E-state index in [1.54, 1.807) is 43.3 Å². The second-order valence-corrected chi connectivity index (χ2v) is 28.6. The Morgan fingerprint density at radius 2 is 0.744 bits per heavy atom. The zero-order valence-corrected chi connectivity index (χ0v) is 80.4. The van der Waals surface area contributed by atoms with Crippen molar-refractivity contribution in [2.45, 2.75) is 224 Å². The van der Waals surface area contributed by atoms with E-state index in [1.165, 1.54) is 6.07 Å². The van der Waals surface area contributed by atoms with Crippen LogP contribution in [-0.4, -0.2) is 221 Å². The fourth-order valence-corrected chi connectivity index (χ4v) is 12.4. The van der Waals surface area contributed by atoms with Crippen LogP contribution in [0.25, 0.3) is 22.0 Å². The number of benzene rings is 3. The monoisotopic (exact) mass is 2010 g/mol. The van der Waals surface area contributed by atoms with Gasteiger partial charge in [0.05, 0.1) is 40.9 Å². The average Bonchev–Trinajstić information content (AvgIpc) is 1.65. The number of carboxylic acids is 10. The zero-order valence-electron chi connectivity index (χ0n) is 70.4. The quantitative estimate of drug-likeness (QED) is 0.0287. The molecule has 0 saturated carbocycles. The molecule has 129 heavy (non-hydrogen) atoms. The standard InChI is InChI=1S/C50H58FN5O14.C29H41N3O17.10H2S/c1-3-5-30(47(63)64)22-33(57)14-17-41(49(67)68)53-44(61)19-13-31(48(65)66)23-34(58)15-18-42(50(69)70)54-46(62)39(52)25-36(60)26-43-45-37(6-4-7-40(45)55-56-43)29-11-9-28(10-12-29)21-35(59)24-32-20-27(2)8-16-38(32)51;1-14(33)30-19(27(44)45)6-4-17(34)12-15(25(40)41)2-9-22(36)31-20(28(46)47)7-5-18(35)13-16(26(42)43)3-10-23(37)32-21(29(48)49)8-11-24(38)39;;;;;;;;;;/h4,6-12,16,20,30-31,39,41-42H,3,5,13-15,17-19,21-26,52H2,1-2H3,(H,53,61)(H,54,62)(H,55,56)(H,63,64)(H,65,66)(H,67,68)(H,69,70);15-16,19-21H,2-13H2,1H3,(H,30,33)(H,31,36)(H,32,37)(H,38,39)(H,40,41)(H,42,43)(H,44,45)(H,46,47)(H,48,49);10*1H2/t30-,31-,39+,41+,42+;15-,16-,19+,20+,21+;;;;;;;;;;/m11........../s1. The Morgan fingerprint density at radius 1 is 0.388 bits per heavy atom. The highest BCUT2D eigenvalue weighted by Gasteiger charge is 2.33. The molecule has 1 aromatic heterocycles. The minimum atomic E-state index is -1.65. The van der Waals surface area contributed by atoms with Gasteiger partial charge in [0, 0.05) is 115 Å². The summed E-state index contributed by atoms with van der Waals surface area (Å²) in [5, 5.41) is 112. The van der Waals surface area contributed by atoms with Crippen molar-refractivity contribution < 1.29 is 156 Å². The maximum Gasteiger partial charge on any atom is 0.326 e. The molecule has 1 heterocycles. The second-order valence-electron chi connectivity index (χ2n) is 28.6. The number of carbonyl (C=O) groups excluding carboxylic acids is 11. The molecule has 0 saturated heterocycles. The minimum absolute atomic E-state index is 0. The van der Waals surface area contributed by atoms with Gasteiger partial charge in [-0.2, -0.15) is 140 Å². The van der Waals surface area contributed by atoms with E-state index in [-0.39, 0.29) is 199 Å². The van der Waals surface area contributed by atoms with Gasteiger partial charge in [-0.05, 0) is 99.1 Å². The predicted octanol–water partition coefficient (Wildman–Crippen LogP) is 4.61. The van der Waals surface area contributed by atoms with Crippen LogP contribution >= 0.6 is 135 Å². The van der Waals surface area contributed by atoms with Crippen LogP contribution in [0.2, 0.25) is 0 Å². The van der Waals surface area contributed by atoms with E-state index in [9.17, 15) is 141 Å². The number of nitrogens with one attached hydrogen (secondary N) is 6. The molecular formula is C79H119FN8O31S10. The first-order chi connectivity index (χ1) is 55.9. The van der Waals surface area contributed by atoms with Crippen molar-refractivity contribution in [3.8, 4) is 11.1 Å². The molecule has 39 nitrogen and oxygen atoms in total. The van der Waals surface area contributed by atoms with E-state index in [0.29, 0.717) is 28.6 Å². The summed E-state index contributed by atoms with van der Waals surface area (Å²) in [4.78, 5) is 252. The zero-order chi connectivity index (χ0) is 89.5. The fraction of sp³-hybridized carbons (Fsp3) is 0.494. The second kappa shape index (κ2) is 69.5. The van der Waals surface area contributed by atoms with Crippen molar-refractivity contribution in [3.63, 3.8) is 0 Å². The largest absolute Gasteiger partial charge is 0.481 e. The lowest BCUT2D eigenvalue weighted by atomic mass is 9.93. The molecule has 0 radical (unpaired) electrons. The molecule has 3 aromatic carbocycles. The van der Waals surface area contributed by atoms with Crippen molar-refractivity contribution in [1.82, 2.24) is 36.8 Å². The molecule has 0 aliphatic carbocycles. The van der Waals surface area contributed by atoms with Gasteiger partial charge in [0.2, 0.25) is 29.5 Å². The molecule has 4 rings (SSSR count). The van der Waals surface area contributed by atoms with Gasteiger partial charge in [-0.25, -0.2) is 28.4 Å². The molecule has 0 fully saturated rings. The van der Waals surface area contributed by atoms with Crippen LogP contribution in [0.4, 0.5) is 4.39 Å². The number of carboxylic acid groups (broad SMARTS) is 10. The van der Waals surface area contributed by atoms with Crippen LogP contribution in [0.3, 0.4) is 0 Å². The first-order valence-corrected chi connectivity index (χ1v) is 37.8. The first kappa shape index (κ1) is 135. The lowest BCUT2D eigenvalue weighted by Gasteiger charge is -2.18. The molecular weight excluding hydrogens is 1900 g/mol. The summed E-state index contributed by atoms with van der Waals surface area (Å²) < 4.78 is 14.2. The molecule has 0 unspecified atom stereocenters. The molecule has 728 valence electrons. The number of aromatic nitrogens is 2. The Kier molecular flexibility index (Phi) is 72.8. The Hall–Kier alpha value is -9.41. The first-order valence-electron chi connectivity index (χ1n) is 37.8. The number of hydrogen-bond acceptors (Lipinski definition) is 23. The van der Waals surface area contributed by atoms with E-state index in [1.807, 2.05) is 25.1 Å². The molecule has 10 atom stereocenters. The van der Waals surface area contributed by atoms with Crippen molar-refractivity contribution in [3.05, 3.63) is 88.9 Å². The number of carbonyl (C=O) groups is 21. The molecule has 0 aliphatic rings. The Labute approximate surface area is 810 Å². The van der Waals surface area contributed by atoms with Gasteiger partial charge in [0.15, 0.2) is 0 Å². The number of amides is 5. The number of aliphatic carboxylic acids is 10. The summed E-state index contributed by atoms with van der Waals surface area (Å²) in [5.41, 5.74) is 10.4. The van der Waals surface area contributed by atoms with Crippen LogP contribution in [0.1, 0.15) is 184 Å². The van der Waals surface area contributed by atoms with Gasteiger partial charge in [-0.1, -0.05) is 67.4 Å². The summed E-state index contributed by atoms with van der Waals surface area (Å²) in [6.07, 6.45) is -9.02. The fourth-order valence-electron chi connectivity index (χ4n) is 12.4. The summed E-state index contributed by atoms with van der Waals surface area (Å²) >= 11 is 0. The van der Waals surface area contributed by atoms with Gasteiger partial charge >= 0.3 is 59.7 Å². The predicted molar refractivity (Wildman–Crippen MR) is 513 cm³/mol. The number of aryl methyl sites for hydroxylation is 1. The molecule has 18 N–H and O–H groups in total. The lowest BCUT2D eigenvalue weighted by Crippen LogP contribution is -2.49. The van der Waals surface area contributed by atoms with Crippen molar-refractivity contribution in [2.75, 3.05) is 0 Å². The third kappa shape index (κ3) is 52.3. The van der Waals surface area contributed by atoms with Gasteiger partial charge in [-0.3, -0.25) is 81.8 Å². The van der Waals surface area contributed by atoms with E-state index < -0.39 is 287 Å². The molecule has 0 aliphatic heterocycles. The third-order valence-corrected chi connectivity index (χ3v) is 18.8. The highest BCUT2D eigenvalue weighted by Crippen LogP contribution is 2.32. The normalized spacial score (nSPS) is 12.4. The van der Waals surface area contributed by atoms with Crippen LogP contribution in [0.15, 0.2) is 60.7 Å². The molecule has 0 bridgehead atoms. The van der Waals surface area contributed by atoms with E-state index >= 15 is 0 Å². The van der Waals surface area contributed by atoms with Crippen LogP contribution < -0.4 is 32.3 Å². The number of hydrogen-bond donors (Lipinski definition) is 17. The number of Topliss-reactive ketones (excluding diaryl/α,β-unsaturated/α-hetero) is 6. The number of rotatable bonds is 58. The van der Waals surface area contributed by atoms with E-state index in [4.69, 9.17) is 21.1 Å². The maximum atomic E-state index is 14.2. The molecule has 5 amide bonds. The van der Waals surface area contributed by atoms with Crippen molar-refractivity contribution in [1.29, 1.82) is 0 Å². The minimum Gasteiger partial charge on any atom is -0.481 e. The molecule has 50 heteroatoms. The molecule has 4 aromatic rings. The smallest absolute Gasteiger partial charge is 0.326 e. The van der Waals surface area contributed by atoms with Gasteiger partial charge in [0.1, 0.15) is 70.7 Å². The summed E-state index contributed by atoms with van der Waals surface area (Å²) in [7, 11) is 0. The lowest BCUT2D eigenvalue weighted by molar-refractivity contribution is -0.145. The average molecular weight is 2020 g/mol. The number of nitrogens with zero attached hydrogens (tertiary/aromatic N) is 1. The van der Waals surface area contributed by atoms with Gasteiger partial charge in [-0.15, -0.1) is 0 Å². The Bertz CT molecular complexity index is 4440. The van der Waals surface area contributed by atoms with Crippen LogP contribution in [-0.2, 0) is 120 Å². The van der Waals surface area contributed by atoms with Crippen LogP contribution in [0, 0.1) is 36.4 Å². The number of nitrogens with two attached hydrogens (primary N) is 1. The van der Waals surface area contributed by atoms with Gasteiger partial charge < -0.3 is 83.4 Å². The van der Waals surface area contributed by atoms with Crippen LogP contribution in [0.5, 0.6) is 0 Å². The number of H-pyrrole nitrogens is 1. The SMILES string of the molecule is CC(=O)N[C@@H](CCC(=O)C[C@@H](CCC(=O)N[C@@H](CCC(=O)C[C@@H](CCC(=O)N[C@@H](CCC(=O)O)C(=O)O)C(=O)O)C(=O)O)C(=O)O)C(=O)O.CCC[C@H](CC(=O)CC[C@H](NC(=O)CC[C@H](CC(=O)CC[C@H](NC(=O)[C@@H](N)CC(=O)Cc1[nH]nc2cccc(-c3ccc(CC(=O)Cc4cc(C)ccc4F)cc3)c12)C(=O)O)C(=O)O)C(=O)O)C(=O)O.S.S.S.S.S.S.S.S.S.S. The maximum absolute atomic E-state index is 14.2. The Morgan fingerprint density at radius 3 is 1.09 bits per heavy atom. The third-order valence-electron chi connectivity index (χ3n) is 18.8. The summed E-state index contributed by atoms with van der Waals surface area (Å²) in [6, 6.07) is 7.98. The van der Waals surface area contributed by atoms with Gasteiger partial charge in [0.25, 0.3) is 0 Å². The highest BCUT2D eigenvalue weighted by molar-refractivity contribution is 7.60. The number of fused-ring (bicyclic) bond motifs is 1. The van der Waals surface area contributed by atoms with E-state index in [2.05, 4.69) is 36.8 Å². The number of ketones is 6. The Balaban J connectivity index is -0.000000371. The topological polar surface area (TPSA) is 676 Å². The van der Waals surface area contributed by atoms with E-state index in [0.717, 1.165) is 29.2 Å². The highest BCUT2D eigenvalue weighted by atomic mass is 32.1. The number of halogens is 1. The summed E-state index contributed by atoms with van der Waals surface area (Å²) in [6.45, 7) is 4.65.